The fourth-order valence-electron chi connectivity index (χ4n) is 1.16. The molecule has 1 unspecified atom stereocenters. The Hall–Kier alpha value is -1.65. The van der Waals surface area contributed by atoms with Gasteiger partial charge in [-0.2, -0.15) is 0 Å². The molecule has 0 spiro atoms. The SMILES string of the molecule is Cc1cc(CC(C)C(=O)O)nc(N)n1. The maximum Gasteiger partial charge on any atom is 0.306 e. The second kappa shape index (κ2) is 4.04. The molecule has 1 aromatic heterocycles. The zero-order chi connectivity index (χ0) is 10.7. The van der Waals surface area contributed by atoms with Crippen LogP contribution in [0.2, 0.25) is 0 Å². The lowest BCUT2D eigenvalue weighted by atomic mass is 10.1. The largest absolute Gasteiger partial charge is 0.481 e. The van der Waals surface area contributed by atoms with Gasteiger partial charge < -0.3 is 10.8 Å². The van der Waals surface area contributed by atoms with Crippen LogP contribution < -0.4 is 5.73 Å². The van der Waals surface area contributed by atoms with Gasteiger partial charge in [0.15, 0.2) is 0 Å². The lowest BCUT2D eigenvalue weighted by molar-refractivity contribution is -0.141. The lowest BCUT2D eigenvalue weighted by Gasteiger charge is -2.06. The van der Waals surface area contributed by atoms with Gasteiger partial charge in [0, 0.05) is 17.8 Å². The van der Waals surface area contributed by atoms with E-state index in [1.807, 2.05) is 0 Å². The highest BCUT2D eigenvalue weighted by molar-refractivity contribution is 5.69. The Balaban J connectivity index is 2.81. The maximum absolute atomic E-state index is 10.6. The van der Waals surface area contributed by atoms with Crippen LogP contribution in [0, 0.1) is 12.8 Å². The molecule has 0 radical (unpaired) electrons. The molecule has 0 saturated carbocycles. The fraction of sp³-hybridized carbons (Fsp3) is 0.444. The van der Waals surface area contributed by atoms with E-state index in [1.165, 1.54) is 0 Å². The van der Waals surface area contributed by atoms with E-state index in [-0.39, 0.29) is 5.95 Å². The van der Waals surface area contributed by atoms with Crippen LogP contribution in [0.5, 0.6) is 0 Å². The summed E-state index contributed by atoms with van der Waals surface area (Å²) >= 11 is 0. The van der Waals surface area contributed by atoms with Gasteiger partial charge in [-0.3, -0.25) is 4.79 Å². The number of carboxylic acid groups (broad SMARTS) is 1. The Morgan fingerprint density at radius 2 is 2.29 bits per heavy atom. The number of hydrogen-bond acceptors (Lipinski definition) is 4. The summed E-state index contributed by atoms with van der Waals surface area (Å²) in [6.45, 7) is 3.43. The van der Waals surface area contributed by atoms with Gasteiger partial charge in [-0.1, -0.05) is 6.92 Å². The van der Waals surface area contributed by atoms with Crippen molar-refractivity contribution in [2.45, 2.75) is 20.3 Å². The van der Waals surface area contributed by atoms with Gasteiger partial charge in [0.05, 0.1) is 5.92 Å². The van der Waals surface area contributed by atoms with Crippen molar-refractivity contribution in [3.8, 4) is 0 Å². The van der Waals surface area contributed by atoms with Gasteiger partial charge in [0.1, 0.15) is 0 Å². The first-order valence-corrected chi connectivity index (χ1v) is 4.32. The Bertz CT molecular complexity index is 332. The number of anilines is 1. The number of hydrogen-bond donors (Lipinski definition) is 2. The van der Waals surface area contributed by atoms with Gasteiger partial charge >= 0.3 is 5.97 Å². The summed E-state index contributed by atoms with van der Waals surface area (Å²) in [4.78, 5) is 18.5. The van der Waals surface area contributed by atoms with Crippen LogP contribution >= 0.6 is 0 Å². The molecule has 76 valence electrons. The standard InChI is InChI=1S/C9H13N3O2/c1-5(8(13)14)3-7-4-6(2)11-9(10)12-7/h4-5H,3H2,1-2H3,(H,13,14)(H2,10,11,12). The van der Waals surface area contributed by atoms with Gasteiger partial charge in [0.2, 0.25) is 5.95 Å². The Morgan fingerprint density at radius 3 is 2.79 bits per heavy atom. The molecule has 0 saturated heterocycles. The number of nitrogens with zero attached hydrogens (tertiary/aromatic N) is 2. The molecule has 5 heteroatoms. The van der Waals surface area contributed by atoms with Crippen molar-refractivity contribution in [2.24, 2.45) is 5.92 Å². The number of aryl methyl sites for hydroxylation is 1. The highest BCUT2D eigenvalue weighted by atomic mass is 16.4. The van der Waals surface area contributed by atoms with Gasteiger partial charge in [-0.15, -0.1) is 0 Å². The van der Waals surface area contributed by atoms with Crippen LogP contribution in [0.1, 0.15) is 18.3 Å². The van der Waals surface area contributed by atoms with Crippen LogP contribution in [0.25, 0.3) is 0 Å². The van der Waals surface area contributed by atoms with Crippen molar-refractivity contribution < 1.29 is 9.90 Å². The molecule has 1 atom stereocenters. The summed E-state index contributed by atoms with van der Waals surface area (Å²) in [6, 6.07) is 1.75. The van der Waals surface area contributed by atoms with Crippen molar-refractivity contribution >= 4 is 11.9 Å². The third kappa shape index (κ3) is 2.69. The van der Waals surface area contributed by atoms with E-state index in [1.54, 1.807) is 19.9 Å². The number of aromatic nitrogens is 2. The smallest absolute Gasteiger partial charge is 0.306 e. The van der Waals surface area contributed by atoms with Crippen molar-refractivity contribution in [3.63, 3.8) is 0 Å². The van der Waals surface area contributed by atoms with E-state index in [9.17, 15) is 4.79 Å². The van der Waals surface area contributed by atoms with E-state index in [0.717, 1.165) is 5.69 Å². The molecule has 14 heavy (non-hydrogen) atoms. The van der Waals surface area contributed by atoms with Crippen molar-refractivity contribution in [1.29, 1.82) is 0 Å². The molecule has 0 bridgehead atoms. The summed E-state index contributed by atoms with van der Waals surface area (Å²) in [5, 5.41) is 8.71. The molecule has 0 fully saturated rings. The molecule has 3 N–H and O–H groups in total. The number of carbonyl (C=O) groups is 1. The van der Waals surface area contributed by atoms with Crippen molar-refractivity contribution in [1.82, 2.24) is 9.97 Å². The van der Waals surface area contributed by atoms with E-state index in [4.69, 9.17) is 10.8 Å². The molecule has 0 aliphatic carbocycles. The minimum atomic E-state index is -0.833. The average Bonchev–Trinajstić information content (AvgIpc) is 2.01. The number of aliphatic carboxylic acids is 1. The predicted octanol–water partition coefficient (Wildman–Crippen LogP) is 0.630. The summed E-state index contributed by atoms with van der Waals surface area (Å²) in [5.41, 5.74) is 6.87. The first-order valence-electron chi connectivity index (χ1n) is 4.32. The van der Waals surface area contributed by atoms with Crippen LogP contribution in [-0.2, 0) is 11.2 Å². The molecule has 0 aromatic carbocycles. The second-order valence-electron chi connectivity index (χ2n) is 3.30. The number of nitrogen functional groups attached to an aromatic ring is 1. The molecule has 5 nitrogen and oxygen atoms in total. The minimum Gasteiger partial charge on any atom is -0.481 e. The molecule has 0 aliphatic heterocycles. The topological polar surface area (TPSA) is 89.1 Å². The highest BCUT2D eigenvalue weighted by Crippen LogP contribution is 2.08. The molecule has 1 aromatic rings. The monoisotopic (exact) mass is 195 g/mol. The third-order valence-corrected chi connectivity index (χ3v) is 1.86. The minimum absolute atomic E-state index is 0.192. The van der Waals surface area contributed by atoms with E-state index >= 15 is 0 Å². The second-order valence-corrected chi connectivity index (χ2v) is 3.30. The maximum atomic E-state index is 10.6. The molecule has 0 aliphatic rings. The van der Waals surface area contributed by atoms with Gasteiger partial charge in [0.25, 0.3) is 0 Å². The predicted molar refractivity (Wildman–Crippen MR) is 51.7 cm³/mol. The first-order chi connectivity index (χ1) is 6.49. The van der Waals surface area contributed by atoms with Crippen molar-refractivity contribution in [3.05, 3.63) is 17.5 Å². The Morgan fingerprint density at radius 1 is 1.64 bits per heavy atom. The number of carboxylic acids is 1. The zero-order valence-electron chi connectivity index (χ0n) is 8.19. The zero-order valence-corrected chi connectivity index (χ0v) is 8.19. The summed E-state index contributed by atoms with van der Waals surface area (Å²) < 4.78 is 0. The van der Waals surface area contributed by atoms with Crippen LogP contribution in [0.3, 0.4) is 0 Å². The number of nitrogens with two attached hydrogens (primary N) is 1. The van der Waals surface area contributed by atoms with Crippen LogP contribution in [0.15, 0.2) is 6.07 Å². The van der Waals surface area contributed by atoms with Crippen molar-refractivity contribution in [2.75, 3.05) is 5.73 Å². The quantitative estimate of drug-likeness (QED) is 0.738. The van der Waals surface area contributed by atoms with E-state index in [0.29, 0.717) is 12.1 Å². The molecular weight excluding hydrogens is 182 g/mol. The molecule has 1 rings (SSSR count). The third-order valence-electron chi connectivity index (χ3n) is 1.86. The number of rotatable bonds is 3. The normalized spacial score (nSPS) is 12.4. The van der Waals surface area contributed by atoms with E-state index in [2.05, 4.69) is 9.97 Å². The lowest BCUT2D eigenvalue weighted by Crippen LogP contribution is -2.14. The fourth-order valence-corrected chi connectivity index (χ4v) is 1.16. The average molecular weight is 195 g/mol. The van der Waals surface area contributed by atoms with Gasteiger partial charge in [-0.25, -0.2) is 9.97 Å². The summed E-state index contributed by atoms with van der Waals surface area (Å²) in [5.74, 6) is -1.10. The Labute approximate surface area is 82.0 Å². The molecule has 0 amide bonds. The Kier molecular flexibility index (Phi) is 3.01. The van der Waals surface area contributed by atoms with Crippen LogP contribution in [-0.4, -0.2) is 21.0 Å². The molecular formula is C9H13N3O2. The van der Waals surface area contributed by atoms with Crippen LogP contribution in [0.4, 0.5) is 5.95 Å². The molecule has 1 heterocycles. The highest BCUT2D eigenvalue weighted by Gasteiger charge is 2.12. The summed E-state index contributed by atoms with van der Waals surface area (Å²) in [6.07, 6.45) is 0.378. The summed E-state index contributed by atoms with van der Waals surface area (Å²) in [7, 11) is 0. The van der Waals surface area contributed by atoms with Gasteiger partial charge in [-0.05, 0) is 13.0 Å². The van der Waals surface area contributed by atoms with E-state index < -0.39 is 11.9 Å². The first kappa shape index (κ1) is 10.4.